The Balaban J connectivity index is 1.32. The zero-order chi connectivity index (χ0) is 25.0. The molecule has 1 unspecified atom stereocenters. The highest BCUT2D eigenvalue weighted by atomic mass is 16.6. The second-order valence-electron chi connectivity index (χ2n) is 10.1. The van der Waals surface area contributed by atoms with Gasteiger partial charge in [-0.1, -0.05) is 48.5 Å². The molecule has 35 heavy (non-hydrogen) atoms. The van der Waals surface area contributed by atoms with Crippen LogP contribution in [0.15, 0.2) is 48.5 Å². The molecule has 1 saturated heterocycles. The van der Waals surface area contributed by atoms with E-state index in [4.69, 9.17) is 9.47 Å². The number of alkyl carbamates (subject to hydrolysis) is 1. The van der Waals surface area contributed by atoms with Gasteiger partial charge in [-0.05, 0) is 55.9 Å². The molecule has 0 radical (unpaired) electrons. The summed E-state index contributed by atoms with van der Waals surface area (Å²) in [6.45, 7) is 7.72. The van der Waals surface area contributed by atoms with Crippen LogP contribution in [0.2, 0.25) is 0 Å². The second-order valence-corrected chi connectivity index (χ2v) is 10.1. The number of carbonyl (C=O) groups excluding carboxylic acids is 3. The predicted octanol–water partition coefficient (Wildman–Crippen LogP) is 4.01. The molecule has 186 valence electrons. The number of nitrogens with one attached hydrogen (secondary N) is 1. The number of likely N-dealkylation sites (tertiary alicyclic amines) is 1. The molecule has 1 fully saturated rings. The fourth-order valence-corrected chi connectivity index (χ4v) is 4.38. The largest absolute Gasteiger partial charge is 0.445 e. The lowest BCUT2D eigenvalue weighted by molar-refractivity contribution is -0.129. The van der Waals surface area contributed by atoms with Crippen molar-refractivity contribution in [3.05, 3.63) is 70.8 Å². The fourth-order valence-electron chi connectivity index (χ4n) is 4.38. The smallest absolute Gasteiger partial charge is 0.410 e. The molecule has 0 bridgehead atoms. The van der Waals surface area contributed by atoms with Crippen LogP contribution in [0.5, 0.6) is 0 Å². The molecule has 0 aromatic heterocycles. The van der Waals surface area contributed by atoms with Gasteiger partial charge < -0.3 is 24.6 Å². The van der Waals surface area contributed by atoms with Gasteiger partial charge in [0, 0.05) is 26.2 Å². The van der Waals surface area contributed by atoms with Crippen molar-refractivity contribution in [2.75, 3.05) is 13.1 Å². The van der Waals surface area contributed by atoms with E-state index in [1.807, 2.05) is 36.4 Å². The van der Waals surface area contributed by atoms with Crippen molar-refractivity contribution >= 4 is 18.1 Å². The van der Waals surface area contributed by atoms with Gasteiger partial charge in [-0.2, -0.15) is 0 Å². The SMILES string of the molecule is CC(C)(C)OC(=O)NC1CCN(Cc2ccc3c(c2)CN(C(=O)OCc2ccccc2)CC3)C1=O. The van der Waals surface area contributed by atoms with Crippen molar-refractivity contribution in [3.63, 3.8) is 0 Å². The summed E-state index contributed by atoms with van der Waals surface area (Å²) in [5, 5.41) is 2.68. The van der Waals surface area contributed by atoms with E-state index in [-0.39, 0.29) is 18.6 Å². The highest BCUT2D eigenvalue weighted by molar-refractivity contribution is 5.87. The van der Waals surface area contributed by atoms with Gasteiger partial charge in [0.2, 0.25) is 5.91 Å². The highest BCUT2D eigenvalue weighted by Gasteiger charge is 2.34. The Bertz CT molecular complexity index is 1080. The van der Waals surface area contributed by atoms with Crippen molar-refractivity contribution in [2.45, 2.75) is 65.0 Å². The first-order valence-electron chi connectivity index (χ1n) is 12.0. The molecule has 4 rings (SSSR count). The molecule has 1 N–H and O–H groups in total. The summed E-state index contributed by atoms with van der Waals surface area (Å²) >= 11 is 0. The van der Waals surface area contributed by atoms with Crippen LogP contribution in [-0.2, 0) is 40.4 Å². The van der Waals surface area contributed by atoms with E-state index in [2.05, 4.69) is 17.4 Å². The van der Waals surface area contributed by atoms with E-state index in [1.54, 1.807) is 30.6 Å². The topological polar surface area (TPSA) is 88.2 Å². The lowest BCUT2D eigenvalue weighted by Crippen LogP contribution is -2.43. The number of nitrogens with zero attached hydrogens (tertiary/aromatic N) is 2. The van der Waals surface area contributed by atoms with Crippen LogP contribution in [0.3, 0.4) is 0 Å². The van der Waals surface area contributed by atoms with Crippen molar-refractivity contribution in [1.82, 2.24) is 15.1 Å². The van der Waals surface area contributed by atoms with Crippen LogP contribution < -0.4 is 5.32 Å². The van der Waals surface area contributed by atoms with E-state index < -0.39 is 17.7 Å². The number of amides is 3. The third-order valence-corrected chi connectivity index (χ3v) is 6.11. The monoisotopic (exact) mass is 479 g/mol. The molecule has 2 aliphatic heterocycles. The summed E-state index contributed by atoms with van der Waals surface area (Å²) in [5.74, 6) is -0.111. The first kappa shape index (κ1) is 24.6. The number of fused-ring (bicyclic) bond motifs is 1. The quantitative estimate of drug-likeness (QED) is 0.700. The average Bonchev–Trinajstić information content (AvgIpc) is 3.15. The Morgan fingerprint density at radius 1 is 1.03 bits per heavy atom. The molecule has 3 amide bonds. The molecule has 0 aliphatic carbocycles. The van der Waals surface area contributed by atoms with Gasteiger partial charge in [0.05, 0.1) is 0 Å². The number of carbonyl (C=O) groups is 3. The second kappa shape index (κ2) is 10.4. The molecule has 2 aromatic carbocycles. The minimum Gasteiger partial charge on any atom is -0.445 e. The minimum absolute atomic E-state index is 0.111. The first-order valence-corrected chi connectivity index (χ1v) is 12.0. The summed E-state index contributed by atoms with van der Waals surface area (Å²) in [4.78, 5) is 40.9. The average molecular weight is 480 g/mol. The maximum absolute atomic E-state index is 12.8. The summed E-state index contributed by atoms with van der Waals surface area (Å²) in [6, 6.07) is 15.2. The van der Waals surface area contributed by atoms with E-state index in [0.717, 1.165) is 23.1 Å². The maximum Gasteiger partial charge on any atom is 0.410 e. The Morgan fingerprint density at radius 3 is 2.54 bits per heavy atom. The molecule has 2 aromatic rings. The van der Waals surface area contributed by atoms with E-state index in [0.29, 0.717) is 32.6 Å². The number of rotatable bonds is 5. The van der Waals surface area contributed by atoms with E-state index >= 15 is 0 Å². The fraction of sp³-hybridized carbons (Fsp3) is 0.444. The Labute approximate surface area is 206 Å². The van der Waals surface area contributed by atoms with Gasteiger partial charge in [-0.15, -0.1) is 0 Å². The number of benzene rings is 2. The van der Waals surface area contributed by atoms with Gasteiger partial charge in [0.1, 0.15) is 18.2 Å². The third-order valence-electron chi connectivity index (χ3n) is 6.11. The summed E-state index contributed by atoms with van der Waals surface area (Å²) in [5.41, 5.74) is 3.61. The molecule has 0 spiro atoms. The van der Waals surface area contributed by atoms with Crippen molar-refractivity contribution < 1.29 is 23.9 Å². The maximum atomic E-state index is 12.8. The summed E-state index contributed by atoms with van der Waals surface area (Å²) < 4.78 is 10.8. The van der Waals surface area contributed by atoms with Gasteiger partial charge in [0.25, 0.3) is 0 Å². The lowest BCUT2D eigenvalue weighted by Gasteiger charge is -2.29. The van der Waals surface area contributed by atoms with E-state index in [9.17, 15) is 14.4 Å². The molecule has 2 heterocycles. The molecular formula is C27H33N3O5. The molecule has 2 aliphatic rings. The van der Waals surface area contributed by atoms with Crippen LogP contribution in [0, 0.1) is 0 Å². The Kier molecular flexibility index (Phi) is 7.28. The zero-order valence-electron chi connectivity index (χ0n) is 20.6. The van der Waals surface area contributed by atoms with E-state index in [1.165, 1.54) is 5.56 Å². The van der Waals surface area contributed by atoms with Crippen molar-refractivity contribution in [2.24, 2.45) is 0 Å². The normalized spacial score (nSPS) is 17.7. The first-order chi connectivity index (χ1) is 16.7. The molecular weight excluding hydrogens is 446 g/mol. The van der Waals surface area contributed by atoms with Crippen molar-refractivity contribution in [1.29, 1.82) is 0 Å². The van der Waals surface area contributed by atoms with Crippen LogP contribution in [-0.4, -0.2) is 52.6 Å². The van der Waals surface area contributed by atoms with Crippen LogP contribution in [0.1, 0.15) is 49.4 Å². The summed E-state index contributed by atoms with van der Waals surface area (Å²) in [7, 11) is 0. The zero-order valence-corrected chi connectivity index (χ0v) is 20.6. The van der Waals surface area contributed by atoms with Gasteiger partial charge >= 0.3 is 12.2 Å². The lowest BCUT2D eigenvalue weighted by atomic mass is 9.97. The van der Waals surface area contributed by atoms with Gasteiger partial charge in [0.15, 0.2) is 0 Å². The molecule has 1 atom stereocenters. The highest BCUT2D eigenvalue weighted by Crippen LogP contribution is 2.23. The minimum atomic E-state index is -0.615. The molecule has 8 heteroatoms. The van der Waals surface area contributed by atoms with Gasteiger partial charge in [-0.3, -0.25) is 4.79 Å². The Morgan fingerprint density at radius 2 is 1.80 bits per heavy atom. The number of hydrogen-bond acceptors (Lipinski definition) is 5. The van der Waals surface area contributed by atoms with Crippen LogP contribution in [0.4, 0.5) is 9.59 Å². The summed E-state index contributed by atoms with van der Waals surface area (Å²) in [6.07, 6.45) is 0.409. The standard InChI is InChI=1S/C27H33N3O5/c1-27(2,3)35-25(32)28-23-12-14-29(24(23)31)16-20-9-10-21-11-13-30(17-22(21)15-20)26(33)34-18-19-7-5-4-6-8-19/h4-10,15,23H,11-14,16-18H2,1-3H3,(H,28,32). The van der Waals surface area contributed by atoms with Gasteiger partial charge in [-0.25, -0.2) is 9.59 Å². The predicted molar refractivity (Wildman–Crippen MR) is 130 cm³/mol. The van der Waals surface area contributed by atoms with Crippen LogP contribution >= 0.6 is 0 Å². The molecule has 8 nitrogen and oxygen atoms in total. The third kappa shape index (κ3) is 6.53. The van der Waals surface area contributed by atoms with Crippen LogP contribution in [0.25, 0.3) is 0 Å². The van der Waals surface area contributed by atoms with Crippen molar-refractivity contribution in [3.8, 4) is 0 Å². The number of hydrogen-bond donors (Lipinski definition) is 1. The Hall–Kier alpha value is -3.55. The number of ether oxygens (including phenoxy) is 2. The molecule has 0 saturated carbocycles.